The fourth-order valence-corrected chi connectivity index (χ4v) is 2.65. The predicted molar refractivity (Wildman–Crippen MR) is 69.9 cm³/mol. The molecule has 1 aromatic carbocycles. The van der Waals surface area contributed by atoms with Crippen LogP contribution in [-0.4, -0.2) is 27.9 Å². The number of amides is 1. The molecule has 0 bridgehead atoms. The van der Waals surface area contributed by atoms with Crippen molar-refractivity contribution in [3.05, 3.63) is 34.9 Å². The Bertz CT molecular complexity index is 534. The van der Waals surface area contributed by atoms with E-state index in [0.29, 0.717) is 12.5 Å². The van der Waals surface area contributed by atoms with Crippen molar-refractivity contribution in [2.45, 2.75) is 44.7 Å². The van der Waals surface area contributed by atoms with Gasteiger partial charge < -0.3 is 10.0 Å². The van der Waals surface area contributed by atoms with Crippen LogP contribution in [0, 0.1) is 0 Å². The van der Waals surface area contributed by atoms with E-state index in [-0.39, 0.29) is 12.3 Å². The van der Waals surface area contributed by atoms with E-state index in [2.05, 4.69) is 0 Å². The first-order valence-electron chi connectivity index (χ1n) is 6.80. The molecule has 0 aromatic heterocycles. The number of nitrogens with zero attached hydrogens (tertiary/aromatic N) is 1. The van der Waals surface area contributed by atoms with Crippen LogP contribution in [0.15, 0.2) is 18.2 Å². The van der Waals surface area contributed by atoms with Crippen molar-refractivity contribution >= 4 is 11.9 Å². The smallest absolute Gasteiger partial charge is 0.303 e. The summed E-state index contributed by atoms with van der Waals surface area (Å²) in [6.07, 6.45) is 3.78. The Labute approximate surface area is 112 Å². The monoisotopic (exact) mass is 259 g/mol. The van der Waals surface area contributed by atoms with E-state index in [0.717, 1.165) is 42.5 Å². The van der Waals surface area contributed by atoms with Gasteiger partial charge in [-0.2, -0.15) is 0 Å². The molecule has 0 atom stereocenters. The highest BCUT2D eigenvalue weighted by atomic mass is 16.4. The summed E-state index contributed by atoms with van der Waals surface area (Å²) in [5.41, 5.74) is 2.99. The van der Waals surface area contributed by atoms with E-state index < -0.39 is 5.97 Å². The molecular weight excluding hydrogens is 242 g/mol. The second kappa shape index (κ2) is 4.68. The van der Waals surface area contributed by atoms with Gasteiger partial charge in [0.15, 0.2) is 0 Å². The molecule has 0 radical (unpaired) electrons. The van der Waals surface area contributed by atoms with Crippen molar-refractivity contribution in [2.24, 2.45) is 0 Å². The van der Waals surface area contributed by atoms with Crippen molar-refractivity contribution in [3.8, 4) is 0 Å². The molecule has 0 spiro atoms. The zero-order chi connectivity index (χ0) is 13.4. The summed E-state index contributed by atoms with van der Waals surface area (Å²) < 4.78 is 0. The van der Waals surface area contributed by atoms with Gasteiger partial charge in [0.25, 0.3) is 5.91 Å². The summed E-state index contributed by atoms with van der Waals surface area (Å²) in [6, 6.07) is 6.44. The molecule has 100 valence electrons. The summed E-state index contributed by atoms with van der Waals surface area (Å²) >= 11 is 0. The Morgan fingerprint density at radius 2 is 2.16 bits per heavy atom. The zero-order valence-corrected chi connectivity index (χ0v) is 10.8. The zero-order valence-electron chi connectivity index (χ0n) is 10.8. The lowest BCUT2D eigenvalue weighted by molar-refractivity contribution is -0.137. The van der Waals surface area contributed by atoms with Crippen LogP contribution in [0.5, 0.6) is 0 Å². The van der Waals surface area contributed by atoms with Crippen LogP contribution in [0.25, 0.3) is 0 Å². The largest absolute Gasteiger partial charge is 0.481 e. The van der Waals surface area contributed by atoms with Crippen LogP contribution in [0.3, 0.4) is 0 Å². The maximum absolute atomic E-state index is 12.2. The summed E-state index contributed by atoms with van der Waals surface area (Å²) in [6.45, 7) is 0.744. The molecular formula is C15H17NO3. The molecule has 19 heavy (non-hydrogen) atoms. The molecule has 1 amide bonds. The number of carbonyl (C=O) groups is 2. The number of hydrogen-bond donors (Lipinski definition) is 1. The Hall–Kier alpha value is -1.84. The molecule has 1 N–H and O–H groups in total. The van der Waals surface area contributed by atoms with Crippen LogP contribution in [-0.2, 0) is 17.8 Å². The molecule has 1 saturated carbocycles. The molecule has 1 aliphatic carbocycles. The lowest BCUT2D eigenvalue weighted by Gasteiger charge is -2.13. The van der Waals surface area contributed by atoms with Crippen molar-refractivity contribution in [2.75, 3.05) is 0 Å². The number of carbonyl (C=O) groups excluding carboxylic acids is 1. The van der Waals surface area contributed by atoms with Crippen molar-refractivity contribution in [1.82, 2.24) is 4.90 Å². The van der Waals surface area contributed by atoms with E-state index in [1.807, 2.05) is 23.1 Å². The SMILES string of the molecule is O=C(O)CCCc1ccc2c(c1)C(=O)N(C1CC1)C2. The van der Waals surface area contributed by atoms with Gasteiger partial charge in [0.05, 0.1) is 0 Å². The number of aryl methyl sites for hydroxylation is 1. The van der Waals surface area contributed by atoms with E-state index in [4.69, 9.17) is 5.11 Å². The Balaban J connectivity index is 1.70. The normalized spacial score (nSPS) is 17.7. The van der Waals surface area contributed by atoms with E-state index in [1.54, 1.807) is 0 Å². The Morgan fingerprint density at radius 3 is 2.84 bits per heavy atom. The minimum absolute atomic E-state index is 0.151. The summed E-state index contributed by atoms with van der Waals surface area (Å²) in [5.74, 6) is -0.616. The first-order valence-corrected chi connectivity index (χ1v) is 6.80. The summed E-state index contributed by atoms with van der Waals surface area (Å²) in [4.78, 5) is 24.7. The van der Waals surface area contributed by atoms with Gasteiger partial charge >= 0.3 is 5.97 Å². The number of rotatable bonds is 5. The summed E-state index contributed by atoms with van der Waals surface area (Å²) in [7, 11) is 0. The quantitative estimate of drug-likeness (QED) is 0.882. The van der Waals surface area contributed by atoms with Crippen molar-refractivity contribution in [3.63, 3.8) is 0 Å². The predicted octanol–water partition coefficient (Wildman–Crippen LogP) is 2.21. The highest BCUT2D eigenvalue weighted by molar-refractivity contribution is 5.98. The summed E-state index contributed by atoms with van der Waals surface area (Å²) in [5, 5.41) is 8.63. The molecule has 1 heterocycles. The number of hydrogen-bond acceptors (Lipinski definition) is 2. The van der Waals surface area contributed by atoms with E-state index in [9.17, 15) is 9.59 Å². The number of carboxylic acids is 1. The standard InChI is InChI=1S/C15H17NO3/c17-14(18)3-1-2-10-4-5-11-9-16(12-6-7-12)15(19)13(11)8-10/h4-5,8,12H,1-3,6-7,9H2,(H,17,18). The molecule has 4 heteroatoms. The van der Waals surface area contributed by atoms with E-state index >= 15 is 0 Å². The molecule has 1 aliphatic heterocycles. The van der Waals surface area contributed by atoms with Crippen molar-refractivity contribution in [1.29, 1.82) is 0 Å². The highest BCUT2D eigenvalue weighted by Gasteiger charge is 2.38. The topological polar surface area (TPSA) is 57.6 Å². The number of aliphatic carboxylic acids is 1. The van der Waals surface area contributed by atoms with Gasteiger partial charge in [0.2, 0.25) is 0 Å². The molecule has 2 aliphatic rings. The van der Waals surface area contributed by atoms with Gasteiger partial charge in [0.1, 0.15) is 0 Å². The van der Waals surface area contributed by atoms with E-state index in [1.165, 1.54) is 0 Å². The van der Waals surface area contributed by atoms with Crippen LogP contribution in [0.2, 0.25) is 0 Å². The second-order valence-electron chi connectivity index (χ2n) is 5.40. The third-order valence-electron chi connectivity index (χ3n) is 3.85. The molecule has 0 unspecified atom stereocenters. The average Bonchev–Trinajstić information content (AvgIpc) is 3.16. The lowest BCUT2D eigenvalue weighted by Crippen LogP contribution is -2.25. The fraction of sp³-hybridized carbons (Fsp3) is 0.467. The Morgan fingerprint density at radius 1 is 1.37 bits per heavy atom. The van der Waals surface area contributed by atoms with Crippen LogP contribution in [0.4, 0.5) is 0 Å². The van der Waals surface area contributed by atoms with Gasteiger partial charge in [-0.05, 0) is 42.9 Å². The van der Waals surface area contributed by atoms with Gasteiger partial charge in [-0.3, -0.25) is 9.59 Å². The van der Waals surface area contributed by atoms with Crippen LogP contribution in [0.1, 0.15) is 47.2 Å². The van der Waals surface area contributed by atoms with Crippen LogP contribution < -0.4 is 0 Å². The lowest BCUT2D eigenvalue weighted by atomic mass is 10.0. The Kier molecular flexibility index (Phi) is 3.01. The minimum atomic E-state index is -0.767. The molecule has 1 fully saturated rings. The average molecular weight is 259 g/mol. The van der Waals surface area contributed by atoms with Crippen molar-refractivity contribution < 1.29 is 14.7 Å². The molecule has 1 aromatic rings. The maximum atomic E-state index is 12.2. The van der Waals surface area contributed by atoms with Gasteiger partial charge in [-0.25, -0.2) is 0 Å². The van der Waals surface area contributed by atoms with Gasteiger partial charge in [0, 0.05) is 24.6 Å². The number of carboxylic acid groups (broad SMARTS) is 1. The third kappa shape index (κ3) is 2.48. The first kappa shape index (κ1) is 12.2. The number of benzene rings is 1. The minimum Gasteiger partial charge on any atom is -0.481 e. The first-order chi connectivity index (χ1) is 9.15. The van der Waals surface area contributed by atoms with Gasteiger partial charge in [-0.1, -0.05) is 12.1 Å². The molecule has 4 nitrogen and oxygen atoms in total. The maximum Gasteiger partial charge on any atom is 0.303 e. The molecule has 0 saturated heterocycles. The van der Waals surface area contributed by atoms with Crippen LogP contribution >= 0.6 is 0 Å². The third-order valence-corrected chi connectivity index (χ3v) is 3.85. The van der Waals surface area contributed by atoms with Gasteiger partial charge in [-0.15, -0.1) is 0 Å². The molecule has 3 rings (SSSR count). The number of fused-ring (bicyclic) bond motifs is 1. The highest BCUT2D eigenvalue weighted by Crippen LogP contribution is 2.34. The fourth-order valence-electron chi connectivity index (χ4n) is 2.65. The second-order valence-corrected chi connectivity index (χ2v) is 5.40.